The van der Waals surface area contributed by atoms with Gasteiger partial charge in [0.2, 0.25) is 0 Å². The number of hydrogen-bond donors (Lipinski definition) is 1. The van der Waals surface area contributed by atoms with Crippen molar-refractivity contribution in [1.82, 2.24) is 4.90 Å². The molecule has 0 aromatic carbocycles. The molecule has 2 aliphatic rings. The Kier molecular flexibility index (Phi) is 4.13. The van der Waals surface area contributed by atoms with Crippen LogP contribution in [0.1, 0.15) is 33.1 Å². The van der Waals surface area contributed by atoms with E-state index in [9.17, 15) is 13.2 Å². The quantitative estimate of drug-likeness (QED) is 0.865. The van der Waals surface area contributed by atoms with Crippen LogP contribution in [0.5, 0.6) is 0 Å². The Bertz CT molecular complexity index is 359. The van der Waals surface area contributed by atoms with Gasteiger partial charge in [-0.05, 0) is 19.9 Å². The zero-order valence-electron chi connectivity index (χ0n) is 12.5. The number of likely N-dealkylation sites (N-methyl/N-ethyl adjacent to an activating group) is 1. The molecule has 1 aliphatic carbocycles. The summed E-state index contributed by atoms with van der Waals surface area (Å²) in [5.74, 6) is 0.264. The Balaban J connectivity index is 1.96. The van der Waals surface area contributed by atoms with E-state index in [1.165, 1.54) is 0 Å². The number of halogens is 3. The van der Waals surface area contributed by atoms with Crippen molar-refractivity contribution in [2.45, 2.75) is 50.9 Å². The fraction of sp³-hybridized carbons (Fsp3) is 1.00. The molecule has 2 N–H and O–H groups in total. The molecule has 0 aromatic heterocycles. The van der Waals surface area contributed by atoms with E-state index in [0.29, 0.717) is 6.54 Å². The lowest BCUT2D eigenvalue weighted by Crippen LogP contribution is -2.80. The minimum absolute atomic E-state index is 0.00320. The summed E-state index contributed by atoms with van der Waals surface area (Å²) in [4.78, 5) is 1.71. The smallest absolute Gasteiger partial charge is 0.377 e. The molecule has 3 atom stereocenters. The lowest BCUT2D eigenvalue weighted by Gasteiger charge is -2.67. The monoisotopic (exact) mass is 294 g/mol. The summed E-state index contributed by atoms with van der Waals surface area (Å²) in [5.41, 5.74) is 5.92. The van der Waals surface area contributed by atoms with Gasteiger partial charge in [-0.2, -0.15) is 13.2 Å². The lowest BCUT2D eigenvalue weighted by atomic mass is 9.46. The summed E-state index contributed by atoms with van der Waals surface area (Å²) in [7, 11) is 1.72. The van der Waals surface area contributed by atoms with Crippen molar-refractivity contribution >= 4 is 0 Å². The summed E-state index contributed by atoms with van der Waals surface area (Å²) in [6, 6.07) is 0. The van der Waals surface area contributed by atoms with E-state index in [2.05, 4.69) is 13.8 Å². The molecule has 0 amide bonds. The van der Waals surface area contributed by atoms with Crippen molar-refractivity contribution in [3.8, 4) is 0 Å². The van der Waals surface area contributed by atoms with Gasteiger partial charge in [-0.25, -0.2) is 0 Å². The van der Waals surface area contributed by atoms with Crippen molar-refractivity contribution in [2.24, 2.45) is 17.1 Å². The minimum Gasteiger partial charge on any atom is -0.377 e. The van der Waals surface area contributed by atoms with Crippen LogP contribution in [0, 0.1) is 11.3 Å². The second-order valence-electron chi connectivity index (χ2n) is 6.91. The number of fused-ring (bicyclic) bond motifs is 1. The molecule has 1 saturated heterocycles. The van der Waals surface area contributed by atoms with E-state index in [4.69, 9.17) is 10.5 Å². The van der Waals surface area contributed by atoms with E-state index < -0.39 is 18.1 Å². The van der Waals surface area contributed by atoms with Crippen molar-refractivity contribution in [3.05, 3.63) is 0 Å². The topological polar surface area (TPSA) is 38.5 Å². The minimum atomic E-state index is -4.11. The van der Waals surface area contributed by atoms with Gasteiger partial charge in [0.05, 0.1) is 12.5 Å². The molecular weight excluding hydrogens is 269 g/mol. The number of rotatable bonds is 4. The van der Waals surface area contributed by atoms with Gasteiger partial charge in [0.1, 0.15) is 0 Å². The number of hydrogen-bond acceptors (Lipinski definition) is 3. The lowest BCUT2D eigenvalue weighted by molar-refractivity contribution is -0.232. The van der Waals surface area contributed by atoms with Crippen molar-refractivity contribution in [2.75, 3.05) is 26.7 Å². The zero-order chi connectivity index (χ0) is 15.2. The van der Waals surface area contributed by atoms with Crippen LogP contribution in [0.4, 0.5) is 13.2 Å². The van der Waals surface area contributed by atoms with Gasteiger partial charge in [0.15, 0.2) is 0 Å². The Labute approximate surface area is 118 Å². The highest BCUT2D eigenvalue weighted by molar-refractivity contribution is 5.20. The number of nitrogens with two attached hydrogens (primary N) is 1. The second-order valence-corrected chi connectivity index (χ2v) is 6.91. The van der Waals surface area contributed by atoms with Crippen molar-refractivity contribution in [3.63, 3.8) is 0 Å². The van der Waals surface area contributed by atoms with Crippen molar-refractivity contribution in [1.29, 1.82) is 0 Å². The molecule has 1 saturated carbocycles. The fourth-order valence-electron chi connectivity index (χ4n) is 3.83. The van der Waals surface area contributed by atoms with Crippen LogP contribution in [-0.2, 0) is 4.74 Å². The molecule has 2 fully saturated rings. The Morgan fingerprint density at radius 2 is 2.00 bits per heavy atom. The summed E-state index contributed by atoms with van der Waals surface area (Å²) in [6.07, 6.45) is -2.75. The van der Waals surface area contributed by atoms with Gasteiger partial charge in [-0.15, -0.1) is 0 Å². The summed E-state index contributed by atoms with van der Waals surface area (Å²) >= 11 is 0. The molecule has 0 radical (unpaired) electrons. The zero-order valence-corrected chi connectivity index (χ0v) is 12.5. The second kappa shape index (κ2) is 5.14. The summed E-state index contributed by atoms with van der Waals surface area (Å²) in [6.45, 7) is 5.39. The SMILES string of the molecule is CN(CCC(F)(F)F)CC1(N)C2CCCOC2C1(C)C. The molecule has 1 aliphatic heterocycles. The average molecular weight is 294 g/mol. The Hall–Kier alpha value is -0.330. The Morgan fingerprint density at radius 3 is 2.60 bits per heavy atom. The van der Waals surface area contributed by atoms with Crippen molar-refractivity contribution < 1.29 is 17.9 Å². The van der Waals surface area contributed by atoms with Crippen LogP contribution in [0.2, 0.25) is 0 Å². The summed E-state index contributed by atoms with van der Waals surface area (Å²) < 4.78 is 42.7. The van der Waals surface area contributed by atoms with Gasteiger partial charge >= 0.3 is 6.18 Å². The van der Waals surface area contributed by atoms with Crippen LogP contribution < -0.4 is 5.73 Å². The number of alkyl halides is 3. The molecular formula is C14H25F3N2O. The summed E-state index contributed by atoms with van der Waals surface area (Å²) in [5, 5.41) is 0. The van der Waals surface area contributed by atoms with E-state index >= 15 is 0 Å². The first-order valence-electron chi connectivity index (χ1n) is 7.24. The third-order valence-corrected chi connectivity index (χ3v) is 5.20. The van der Waals surface area contributed by atoms with Crippen LogP contribution in [0.25, 0.3) is 0 Å². The van der Waals surface area contributed by atoms with E-state index in [1.807, 2.05) is 0 Å². The van der Waals surface area contributed by atoms with Gasteiger partial charge in [0, 0.05) is 36.6 Å². The molecule has 3 unspecified atom stereocenters. The van der Waals surface area contributed by atoms with Gasteiger partial charge in [-0.1, -0.05) is 13.8 Å². The van der Waals surface area contributed by atoms with E-state index in [1.54, 1.807) is 11.9 Å². The number of nitrogens with zero attached hydrogens (tertiary/aromatic N) is 1. The molecule has 20 heavy (non-hydrogen) atoms. The first kappa shape index (κ1) is 16.0. The van der Waals surface area contributed by atoms with Crippen LogP contribution in [0.15, 0.2) is 0 Å². The average Bonchev–Trinajstić information content (AvgIpc) is 2.35. The highest BCUT2D eigenvalue weighted by Gasteiger charge is 2.66. The highest BCUT2D eigenvalue weighted by Crippen LogP contribution is 2.57. The van der Waals surface area contributed by atoms with Gasteiger partial charge in [0.25, 0.3) is 0 Å². The maximum Gasteiger partial charge on any atom is 0.390 e. The fourth-order valence-corrected chi connectivity index (χ4v) is 3.83. The first-order chi connectivity index (χ1) is 9.08. The first-order valence-corrected chi connectivity index (χ1v) is 7.24. The molecule has 3 nitrogen and oxygen atoms in total. The molecule has 6 heteroatoms. The van der Waals surface area contributed by atoms with Crippen LogP contribution in [-0.4, -0.2) is 49.5 Å². The normalized spacial score (nSPS) is 36.6. The highest BCUT2D eigenvalue weighted by atomic mass is 19.4. The van der Waals surface area contributed by atoms with E-state index in [-0.39, 0.29) is 24.0 Å². The third kappa shape index (κ3) is 2.70. The predicted octanol–water partition coefficient (Wildman–Crippen LogP) is 2.40. The largest absolute Gasteiger partial charge is 0.390 e. The van der Waals surface area contributed by atoms with E-state index in [0.717, 1.165) is 19.4 Å². The molecule has 0 aromatic rings. The molecule has 0 spiro atoms. The van der Waals surface area contributed by atoms with Crippen LogP contribution >= 0.6 is 0 Å². The number of ether oxygens (including phenoxy) is 1. The van der Waals surface area contributed by atoms with Gasteiger partial charge in [-0.3, -0.25) is 0 Å². The van der Waals surface area contributed by atoms with Crippen LogP contribution in [0.3, 0.4) is 0 Å². The molecule has 0 bridgehead atoms. The molecule has 118 valence electrons. The maximum atomic E-state index is 12.3. The molecule has 2 rings (SSSR count). The maximum absolute atomic E-state index is 12.3. The van der Waals surface area contributed by atoms with Gasteiger partial charge < -0.3 is 15.4 Å². The predicted molar refractivity (Wildman–Crippen MR) is 71.3 cm³/mol. The standard InChI is InChI=1S/C14H25F3N2O/c1-12(2)11-10(5-4-8-20-11)13(12,18)9-19(3)7-6-14(15,16)17/h10-11H,4-9,18H2,1-3H3. The third-order valence-electron chi connectivity index (χ3n) is 5.20. The Morgan fingerprint density at radius 1 is 1.35 bits per heavy atom. The molecule has 1 heterocycles.